The van der Waals surface area contributed by atoms with Crippen LogP contribution in [0.4, 0.5) is 0 Å². The molecule has 3 N–H and O–H groups in total. The van der Waals surface area contributed by atoms with Crippen LogP contribution in [0, 0.1) is 0 Å². The summed E-state index contributed by atoms with van der Waals surface area (Å²) in [4.78, 5) is 14.2. The Labute approximate surface area is 115 Å². The van der Waals surface area contributed by atoms with E-state index in [9.17, 15) is 4.79 Å². The molecule has 1 saturated heterocycles. The van der Waals surface area contributed by atoms with Gasteiger partial charge in [0.15, 0.2) is 0 Å². The van der Waals surface area contributed by atoms with Crippen LogP contribution in [-0.4, -0.2) is 37.0 Å². The van der Waals surface area contributed by atoms with Gasteiger partial charge in [-0.1, -0.05) is 24.3 Å². The van der Waals surface area contributed by atoms with E-state index in [1.54, 1.807) is 0 Å². The molecule has 0 aromatic heterocycles. The van der Waals surface area contributed by atoms with Gasteiger partial charge in [0.05, 0.1) is 6.42 Å². The van der Waals surface area contributed by atoms with E-state index in [2.05, 4.69) is 10.2 Å². The molecule has 19 heavy (non-hydrogen) atoms. The van der Waals surface area contributed by atoms with E-state index in [-0.39, 0.29) is 5.91 Å². The molecule has 0 spiro atoms. The molecule has 2 rings (SSSR count). The van der Waals surface area contributed by atoms with Crippen LogP contribution in [-0.2, 0) is 17.8 Å². The van der Waals surface area contributed by atoms with Crippen LogP contribution < -0.4 is 11.1 Å². The first-order chi connectivity index (χ1) is 9.28. The average molecular weight is 261 g/mol. The molecule has 1 aromatic rings. The summed E-state index contributed by atoms with van der Waals surface area (Å²) in [5, 5.41) is 2.98. The number of benzene rings is 1. The first kappa shape index (κ1) is 14.0. The number of carbonyl (C=O) groups is 1. The molecule has 4 nitrogen and oxygen atoms in total. The van der Waals surface area contributed by atoms with Crippen molar-refractivity contribution in [2.75, 3.05) is 26.2 Å². The maximum Gasteiger partial charge on any atom is 0.224 e. The molecular weight excluding hydrogens is 238 g/mol. The Morgan fingerprint density at radius 1 is 1.16 bits per heavy atom. The Morgan fingerprint density at radius 3 is 2.42 bits per heavy atom. The van der Waals surface area contributed by atoms with E-state index >= 15 is 0 Å². The molecule has 0 bridgehead atoms. The van der Waals surface area contributed by atoms with Gasteiger partial charge in [-0.15, -0.1) is 0 Å². The summed E-state index contributed by atoms with van der Waals surface area (Å²) in [5.41, 5.74) is 7.68. The lowest BCUT2D eigenvalue weighted by Crippen LogP contribution is -2.34. The molecule has 0 saturated carbocycles. The number of amides is 1. The number of likely N-dealkylation sites (tertiary alicyclic amines) is 1. The molecule has 1 aliphatic rings. The van der Waals surface area contributed by atoms with Gasteiger partial charge in [-0.25, -0.2) is 0 Å². The maximum atomic E-state index is 11.8. The fourth-order valence-corrected chi connectivity index (χ4v) is 2.40. The third-order valence-corrected chi connectivity index (χ3v) is 3.57. The minimum atomic E-state index is 0.0969. The molecule has 1 aromatic carbocycles. The normalized spacial score (nSPS) is 15.6. The summed E-state index contributed by atoms with van der Waals surface area (Å²) in [6.07, 6.45) is 3.04. The number of rotatable bonds is 6. The van der Waals surface area contributed by atoms with E-state index in [0.29, 0.717) is 13.0 Å². The highest BCUT2D eigenvalue weighted by molar-refractivity contribution is 5.78. The number of hydrogen-bond donors (Lipinski definition) is 2. The highest BCUT2D eigenvalue weighted by atomic mass is 16.1. The smallest absolute Gasteiger partial charge is 0.224 e. The van der Waals surface area contributed by atoms with E-state index < -0.39 is 0 Å². The third kappa shape index (κ3) is 4.65. The molecular formula is C15H23N3O. The van der Waals surface area contributed by atoms with Gasteiger partial charge < -0.3 is 16.0 Å². The Hall–Kier alpha value is -1.39. The predicted octanol–water partition coefficient (Wildman–Crippen LogP) is 0.900. The molecule has 0 atom stereocenters. The Bertz CT molecular complexity index is 396. The number of nitrogens with one attached hydrogen (secondary N) is 1. The van der Waals surface area contributed by atoms with Gasteiger partial charge in [-0.3, -0.25) is 4.79 Å². The van der Waals surface area contributed by atoms with Crippen LogP contribution in [0.25, 0.3) is 0 Å². The van der Waals surface area contributed by atoms with Gasteiger partial charge in [-0.05, 0) is 37.1 Å². The number of carbonyl (C=O) groups excluding carboxylic acids is 1. The van der Waals surface area contributed by atoms with E-state index in [1.165, 1.54) is 25.9 Å². The van der Waals surface area contributed by atoms with Gasteiger partial charge in [0.1, 0.15) is 0 Å². The molecule has 4 heteroatoms. The molecule has 104 valence electrons. The first-order valence-electron chi connectivity index (χ1n) is 7.05. The zero-order chi connectivity index (χ0) is 13.5. The molecule has 1 aliphatic heterocycles. The summed E-state index contributed by atoms with van der Waals surface area (Å²) in [7, 11) is 0. The van der Waals surface area contributed by atoms with Crippen LogP contribution >= 0.6 is 0 Å². The minimum absolute atomic E-state index is 0.0969. The summed E-state index contributed by atoms with van der Waals surface area (Å²) in [5.74, 6) is 0.0969. The molecule has 0 aliphatic carbocycles. The van der Waals surface area contributed by atoms with Crippen molar-refractivity contribution in [2.45, 2.75) is 25.8 Å². The minimum Gasteiger partial charge on any atom is -0.355 e. The van der Waals surface area contributed by atoms with Crippen molar-refractivity contribution in [2.24, 2.45) is 5.73 Å². The first-order valence-corrected chi connectivity index (χ1v) is 7.05. The Morgan fingerprint density at radius 2 is 1.79 bits per heavy atom. The van der Waals surface area contributed by atoms with Crippen molar-refractivity contribution in [1.82, 2.24) is 10.2 Å². The lowest BCUT2D eigenvalue weighted by Gasteiger charge is -2.14. The second kappa shape index (κ2) is 7.26. The topological polar surface area (TPSA) is 58.4 Å². The highest BCUT2D eigenvalue weighted by Crippen LogP contribution is 2.06. The van der Waals surface area contributed by atoms with Gasteiger partial charge >= 0.3 is 0 Å². The monoisotopic (exact) mass is 261 g/mol. The van der Waals surface area contributed by atoms with Crippen molar-refractivity contribution < 1.29 is 4.79 Å². The van der Waals surface area contributed by atoms with Gasteiger partial charge in [-0.2, -0.15) is 0 Å². The zero-order valence-corrected chi connectivity index (χ0v) is 11.4. The fraction of sp³-hybridized carbons (Fsp3) is 0.533. The molecule has 1 heterocycles. The van der Waals surface area contributed by atoms with Crippen molar-refractivity contribution in [1.29, 1.82) is 0 Å². The highest BCUT2D eigenvalue weighted by Gasteiger charge is 2.11. The lowest BCUT2D eigenvalue weighted by atomic mass is 10.1. The summed E-state index contributed by atoms with van der Waals surface area (Å²) in [6.45, 7) is 4.62. The summed E-state index contributed by atoms with van der Waals surface area (Å²) >= 11 is 0. The largest absolute Gasteiger partial charge is 0.355 e. The second-order valence-corrected chi connectivity index (χ2v) is 5.10. The van der Waals surface area contributed by atoms with Crippen molar-refractivity contribution in [3.8, 4) is 0 Å². The van der Waals surface area contributed by atoms with Crippen LogP contribution in [0.2, 0.25) is 0 Å². The quantitative estimate of drug-likeness (QED) is 0.800. The van der Waals surface area contributed by atoms with Crippen molar-refractivity contribution >= 4 is 5.91 Å². The third-order valence-electron chi connectivity index (χ3n) is 3.57. The van der Waals surface area contributed by atoms with E-state index in [0.717, 1.165) is 24.2 Å². The molecule has 1 amide bonds. The van der Waals surface area contributed by atoms with Crippen molar-refractivity contribution in [3.63, 3.8) is 0 Å². The van der Waals surface area contributed by atoms with Gasteiger partial charge in [0.25, 0.3) is 0 Å². The van der Waals surface area contributed by atoms with E-state index in [1.807, 2.05) is 24.3 Å². The van der Waals surface area contributed by atoms with Crippen LogP contribution in [0.1, 0.15) is 24.0 Å². The maximum absolute atomic E-state index is 11.8. The van der Waals surface area contributed by atoms with Crippen LogP contribution in [0.5, 0.6) is 0 Å². The standard InChI is InChI=1S/C15H23N3O/c16-12-14-5-3-13(4-6-14)11-15(19)17-7-10-18-8-1-2-9-18/h3-6H,1-2,7-12,16H2,(H,17,19). The van der Waals surface area contributed by atoms with Crippen LogP contribution in [0.3, 0.4) is 0 Å². The Balaban J connectivity index is 1.68. The SMILES string of the molecule is NCc1ccc(CC(=O)NCCN2CCCC2)cc1. The van der Waals surface area contributed by atoms with Gasteiger partial charge in [0, 0.05) is 19.6 Å². The van der Waals surface area contributed by atoms with Gasteiger partial charge in [0.2, 0.25) is 5.91 Å². The lowest BCUT2D eigenvalue weighted by molar-refractivity contribution is -0.120. The predicted molar refractivity (Wildman–Crippen MR) is 76.7 cm³/mol. The summed E-state index contributed by atoms with van der Waals surface area (Å²) < 4.78 is 0. The molecule has 0 radical (unpaired) electrons. The average Bonchev–Trinajstić information content (AvgIpc) is 2.93. The Kier molecular flexibility index (Phi) is 5.36. The van der Waals surface area contributed by atoms with Crippen molar-refractivity contribution in [3.05, 3.63) is 35.4 Å². The number of nitrogens with zero attached hydrogens (tertiary/aromatic N) is 1. The number of nitrogens with two attached hydrogens (primary N) is 1. The molecule has 0 unspecified atom stereocenters. The van der Waals surface area contributed by atoms with E-state index in [4.69, 9.17) is 5.73 Å². The molecule has 1 fully saturated rings. The second-order valence-electron chi connectivity index (χ2n) is 5.10. The van der Waals surface area contributed by atoms with Crippen LogP contribution in [0.15, 0.2) is 24.3 Å². The fourth-order valence-electron chi connectivity index (χ4n) is 2.40. The zero-order valence-electron chi connectivity index (χ0n) is 11.4. The summed E-state index contributed by atoms with van der Waals surface area (Å²) in [6, 6.07) is 7.91. The number of hydrogen-bond acceptors (Lipinski definition) is 3.